The number of methoxy groups -OCH3 is 1. The second kappa shape index (κ2) is 8.81. The normalized spacial score (nSPS) is 19.9. The monoisotopic (exact) mass is 423 g/mol. The van der Waals surface area contributed by atoms with Gasteiger partial charge in [0.1, 0.15) is 0 Å². The van der Waals surface area contributed by atoms with Gasteiger partial charge in [-0.3, -0.25) is 9.59 Å². The highest BCUT2D eigenvalue weighted by Crippen LogP contribution is 2.24. The first-order chi connectivity index (χ1) is 13.7. The van der Waals surface area contributed by atoms with Crippen LogP contribution in [0.2, 0.25) is 0 Å². The van der Waals surface area contributed by atoms with Crippen molar-refractivity contribution in [1.82, 2.24) is 14.1 Å². The van der Waals surface area contributed by atoms with E-state index in [1.807, 2.05) is 7.05 Å². The van der Waals surface area contributed by atoms with Crippen LogP contribution in [0.1, 0.15) is 28.8 Å². The van der Waals surface area contributed by atoms with Gasteiger partial charge in [-0.15, -0.1) is 0 Å². The van der Waals surface area contributed by atoms with E-state index in [0.29, 0.717) is 57.7 Å². The zero-order chi connectivity index (χ0) is 21.2. The van der Waals surface area contributed by atoms with E-state index in [-0.39, 0.29) is 22.7 Å². The minimum absolute atomic E-state index is 0.153. The van der Waals surface area contributed by atoms with Gasteiger partial charge in [0.15, 0.2) is 0 Å². The Balaban J connectivity index is 1.77. The van der Waals surface area contributed by atoms with Crippen molar-refractivity contribution in [3.63, 3.8) is 0 Å². The largest absolute Gasteiger partial charge is 0.469 e. The molecule has 0 saturated carbocycles. The molecular weight excluding hydrogens is 394 g/mol. The topological polar surface area (TPSA) is 87.2 Å². The summed E-state index contributed by atoms with van der Waals surface area (Å²) < 4.78 is 32.3. The Morgan fingerprint density at radius 1 is 1.03 bits per heavy atom. The molecule has 0 bridgehead atoms. The minimum atomic E-state index is -3.64. The van der Waals surface area contributed by atoms with Crippen molar-refractivity contribution in [1.29, 1.82) is 0 Å². The van der Waals surface area contributed by atoms with Gasteiger partial charge < -0.3 is 14.5 Å². The van der Waals surface area contributed by atoms with E-state index < -0.39 is 10.0 Å². The number of amides is 1. The average molecular weight is 424 g/mol. The van der Waals surface area contributed by atoms with E-state index in [2.05, 4.69) is 4.90 Å². The van der Waals surface area contributed by atoms with Gasteiger partial charge in [-0.25, -0.2) is 8.42 Å². The first kappa shape index (κ1) is 21.7. The van der Waals surface area contributed by atoms with Crippen LogP contribution >= 0.6 is 0 Å². The summed E-state index contributed by atoms with van der Waals surface area (Å²) in [5, 5.41) is 0. The molecule has 0 radical (unpaired) electrons. The fraction of sp³-hybridized carbons (Fsp3) is 0.600. The number of hydrogen-bond donors (Lipinski definition) is 0. The van der Waals surface area contributed by atoms with Crippen LogP contribution in [0.25, 0.3) is 0 Å². The number of carbonyl (C=O) groups is 2. The van der Waals surface area contributed by atoms with Crippen molar-refractivity contribution in [3.05, 3.63) is 29.3 Å². The SMILES string of the molecule is COC(=O)C1CCN(C(=O)c2cc(S(=O)(=O)N3CCN(C)CC3)ccc2C)CC1. The lowest BCUT2D eigenvalue weighted by Gasteiger charge is -2.32. The summed E-state index contributed by atoms with van der Waals surface area (Å²) in [5.74, 6) is -0.621. The van der Waals surface area contributed by atoms with Crippen molar-refractivity contribution in [3.8, 4) is 0 Å². The second-order valence-corrected chi connectivity index (χ2v) is 9.71. The summed E-state index contributed by atoms with van der Waals surface area (Å²) in [6.07, 6.45) is 1.10. The van der Waals surface area contributed by atoms with Crippen molar-refractivity contribution in [2.75, 3.05) is 53.4 Å². The predicted molar refractivity (Wildman–Crippen MR) is 108 cm³/mol. The number of benzene rings is 1. The van der Waals surface area contributed by atoms with E-state index in [1.165, 1.54) is 17.5 Å². The number of aryl methyl sites for hydroxylation is 1. The molecule has 1 aromatic carbocycles. The second-order valence-electron chi connectivity index (χ2n) is 7.77. The lowest BCUT2D eigenvalue weighted by atomic mass is 9.96. The lowest BCUT2D eigenvalue weighted by molar-refractivity contribution is -0.146. The van der Waals surface area contributed by atoms with E-state index in [0.717, 1.165) is 5.56 Å². The number of carbonyl (C=O) groups excluding carboxylic acids is 2. The summed E-state index contributed by atoms with van der Waals surface area (Å²) >= 11 is 0. The van der Waals surface area contributed by atoms with Gasteiger partial charge in [0.25, 0.3) is 5.91 Å². The molecule has 2 saturated heterocycles. The third-order valence-electron chi connectivity index (χ3n) is 5.86. The summed E-state index contributed by atoms with van der Waals surface area (Å²) in [7, 11) is -0.299. The van der Waals surface area contributed by atoms with Gasteiger partial charge in [-0.1, -0.05) is 6.07 Å². The van der Waals surface area contributed by atoms with Crippen molar-refractivity contribution >= 4 is 21.9 Å². The maximum Gasteiger partial charge on any atom is 0.308 e. The van der Waals surface area contributed by atoms with Crippen LogP contribution in [0.15, 0.2) is 23.1 Å². The molecule has 29 heavy (non-hydrogen) atoms. The van der Waals surface area contributed by atoms with Gasteiger partial charge >= 0.3 is 5.97 Å². The lowest BCUT2D eigenvalue weighted by Crippen LogP contribution is -2.47. The number of esters is 1. The number of ether oxygens (including phenoxy) is 1. The van der Waals surface area contributed by atoms with E-state index in [9.17, 15) is 18.0 Å². The zero-order valence-electron chi connectivity index (χ0n) is 17.3. The molecule has 160 valence electrons. The molecule has 1 amide bonds. The van der Waals surface area contributed by atoms with Crippen LogP contribution in [0.3, 0.4) is 0 Å². The maximum atomic E-state index is 13.1. The highest BCUT2D eigenvalue weighted by Gasteiger charge is 2.31. The Hall–Kier alpha value is -1.97. The molecule has 8 nitrogen and oxygen atoms in total. The molecule has 0 unspecified atom stereocenters. The molecule has 0 spiro atoms. The number of hydrogen-bond acceptors (Lipinski definition) is 6. The molecule has 0 aliphatic carbocycles. The molecule has 2 fully saturated rings. The molecule has 2 aliphatic heterocycles. The highest BCUT2D eigenvalue weighted by atomic mass is 32.2. The Labute approximate surface area is 172 Å². The molecule has 2 aliphatic rings. The van der Waals surface area contributed by atoms with Crippen LogP contribution in [0.5, 0.6) is 0 Å². The minimum Gasteiger partial charge on any atom is -0.469 e. The van der Waals surface area contributed by atoms with Crippen LogP contribution in [-0.2, 0) is 19.6 Å². The predicted octanol–water partition coefficient (Wildman–Crippen LogP) is 0.956. The summed E-state index contributed by atoms with van der Waals surface area (Å²) in [5.41, 5.74) is 1.14. The van der Waals surface area contributed by atoms with Gasteiger partial charge in [0, 0.05) is 44.8 Å². The zero-order valence-corrected chi connectivity index (χ0v) is 18.1. The molecule has 2 heterocycles. The Bertz CT molecular complexity index is 870. The number of likely N-dealkylation sites (tertiary alicyclic amines) is 1. The summed E-state index contributed by atoms with van der Waals surface area (Å²) in [6, 6.07) is 4.76. The number of rotatable bonds is 4. The number of likely N-dealkylation sites (N-methyl/N-ethyl adjacent to an activating group) is 1. The Kier molecular flexibility index (Phi) is 6.60. The average Bonchev–Trinajstić information content (AvgIpc) is 2.73. The van der Waals surface area contributed by atoms with E-state index in [4.69, 9.17) is 4.74 Å². The Morgan fingerprint density at radius 2 is 1.66 bits per heavy atom. The number of piperidine rings is 1. The third-order valence-corrected chi connectivity index (χ3v) is 7.75. The van der Waals surface area contributed by atoms with Crippen LogP contribution < -0.4 is 0 Å². The van der Waals surface area contributed by atoms with Gasteiger partial charge in [-0.2, -0.15) is 4.31 Å². The molecular formula is C20H29N3O5S. The van der Waals surface area contributed by atoms with Crippen LogP contribution in [-0.4, -0.2) is 87.8 Å². The summed E-state index contributed by atoms with van der Waals surface area (Å²) in [4.78, 5) is 28.7. The fourth-order valence-electron chi connectivity index (χ4n) is 3.82. The molecule has 3 rings (SSSR count). The number of nitrogens with zero attached hydrogens (tertiary/aromatic N) is 3. The van der Waals surface area contributed by atoms with Crippen LogP contribution in [0.4, 0.5) is 0 Å². The Morgan fingerprint density at radius 3 is 2.24 bits per heavy atom. The fourth-order valence-corrected chi connectivity index (χ4v) is 5.27. The molecule has 0 N–H and O–H groups in total. The van der Waals surface area contributed by atoms with E-state index in [1.54, 1.807) is 24.0 Å². The molecule has 0 atom stereocenters. The smallest absolute Gasteiger partial charge is 0.308 e. The molecule has 1 aromatic rings. The molecule has 0 aromatic heterocycles. The molecule has 9 heteroatoms. The maximum absolute atomic E-state index is 13.1. The summed E-state index contributed by atoms with van der Waals surface area (Å²) in [6.45, 7) is 4.97. The van der Waals surface area contributed by atoms with Crippen LogP contribution in [0, 0.1) is 12.8 Å². The third kappa shape index (κ3) is 4.62. The van der Waals surface area contributed by atoms with E-state index >= 15 is 0 Å². The first-order valence-corrected chi connectivity index (χ1v) is 11.3. The highest BCUT2D eigenvalue weighted by molar-refractivity contribution is 7.89. The van der Waals surface area contributed by atoms with Crippen molar-refractivity contribution < 1.29 is 22.7 Å². The van der Waals surface area contributed by atoms with Crippen molar-refractivity contribution in [2.24, 2.45) is 5.92 Å². The number of sulfonamides is 1. The quantitative estimate of drug-likeness (QED) is 0.671. The number of piperazine rings is 1. The van der Waals surface area contributed by atoms with Crippen molar-refractivity contribution in [2.45, 2.75) is 24.7 Å². The first-order valence-electron chi connectivity index (χ1n) is 9.90. The van der Waals surface area contributed by atoms with Gasteiger partial charge in [0.2, 0.25) is 10.0 Å². The standard InChI is InChI=1S/C20H29N3O5S/c1-15-4-5-17(29(26,27)23-12-10-21(2)11-13-23)14-18(15)19(24)22-8-6-16(7-9-22)20(25)28-3/h4-5,14,16H,6-13H2,1-3H3. The van der Waals surface area contributed by atoms with Gasteiger partial charge in [-0.05, 0) is 44.5 Å². The van der Waals surface area contributed by atoms with Gasteiger partial charge in [0.05, 0.1) is 17.9 Å².